The zero-order valence-corrected chi connectivity index (χ0v) is 12.5. The van der Waals surface area contributed by atoms with Crippen LogP contribution in [0.4, 0.5) is 0 Å². The van der Waals surface area contributed by atoms with Crippen molar-refractivity contribution in [3.8, 4) is 0 Å². The molecule has 0 spiro atoms. The van der Waals surface area contributed by atoms with E-state index in [1.165, 1.54) is 6.92 Å². The van der Waals surface area contributed by atoms with Crippen LogP contribution in [-0.2, 0) is 9.53 Å². The SMILES string of the molecule is C[C@H](OC(=O)[C@@H](N)CCCN=C(N)N)[C@H](O)[C@@H](O)[C@H](O)CO. The lowest BCUT2D eigenvalue weighted by molar-refractivity contribution is -0.165. The van der Waals surface area contributed by atoms with Crippen LogP contribution in [0.1, 0.15) is 19.8 Å². The van der Waals surface area contributed by atoms with Crippen molar-refractivity contribution in [3.05, 3.63) is 0 Å². The van der Waals surface area contributed by atoms with Gasteiger partial charge >= 0.3 is 5.97 Å². The van der Waals surface area contributed by atoms with Gasteiger partial charge in [-0.3, -0.25) is 9.79 Å². The molecule has 10 heteroatoms. The van der Waals surface area contributed by atoms with Gasteiger partial charge in [-0.05, 0) is 19.8 Å². The van der Waals surface area contributed by atoms with E-state index in [0.717, 1.165) is 0 Å². The summed E-state index contributed by atoms with van der Waals surface area (Å²) in [7, 11) is 0. The van der Waals surface area contributed by atoms with E-state index in [-0.39, 0.29) is 12.4 Å². The lowest BCUT2D eigenvalue weighted by Crippen LogP contribution is -2.47. The molecule has 0 aromatic carbocycles. The zero-order valence-electron chi connectivity index (χ0n) is 12.5. The summed E-state index contributed by atoms with van der Waals surface area (Å²) in [5, 5.41) is 37.1. The number of ether oxygens (including phenoxy) is 1. The van der Waals surface area contributed by atoms with Crippen molar-refractivity contribution < 1.29 is 30.0 Å². The molecule has 0 fully saturated rings. The molecule has 0 aliphatic rings. The lowest BCUT2D eigenvalue weighted by atomic mass is 10.0. The Hall–Kier alpha value is -1.46. The average Bonchev–Trinajstić information content (AvgIpc) is 2.48. The van der Waals surface area contributed by atoms with Crippen LogP contribution >= 0.6 is 0 Å². The molecule has 0 aliphatic heterocycles. The van der Waals surface area contributed by atoms with Crippen LogP contribution in [0, 0.1) is 0 Å². The number of hydrogen-bond acceptors (Lipinski definition) is 8. The number of nitrogens with zero attached hydrogens (tertiary/aromatic N) is 1. The van der Waals surface area contributed by atoms with E-state index in [0.29, 0.717) is 13.0 Å². The van der Waals surface area contributed by atoms with Gasteiger partial charge in [0.05, 0.1) is 6.61 Å². The van der Waals surface area contributed by atoms with Crippen molar-refractivity contribution in [1.29, 1.82) is 0 Å². The molecule has 10 nitrogen and oxygen atoms in total. The smallest absolute Gasteiger partial charge is 0.323 e. The topological polar surface area (TPSA) is 198 Å². The summed E-state index contributed by atoms with van der Waals surface area (Å²) in [4.78, 5) is 15.4. The number of esters is 1. The number of aliphatic hydroxyl groups is 4. The predicted octanol–water partition coefficient (Wildman–Crippen LogP) is -3.63. The van der Waals surface area contributed by atoms with Crippen molar-refractivity contribution in [2.45, 2.75) is 50.2 Å². The lowest BCUT2D eigenvalue weighted by Gasteiger charge is -2.27. The first kappa shape index (κ1) is 20.5. The van der Waals surface area contributed by atoms with Gasteiger partial charge in [-0.25, -0.2) is 0 Å². The molecule has 0 amide bonds. The molecule has 0 bridgehead atoms. The van der Waals surface area contributed by atoms with Gasteiger partial charge in [0, 0.05) is 6.54 Å². The van der Waals surface area contributed by atoms with Crippen molar-refractivity contribution in [1.82, 2.24) is 0 Å². The minimum absolute atomic E-state index is 0.0516. The summed E-state index contributed by atoms with van der Waals surface area (Å²) in [5.74, 6) is -0.814. The number of aliphatic hydroxyl groups excluding tert-OH is 4. The van der Waals surface area contributed by atoms with E-state index in [1.54, 1.807) is 0 Å². The highest BCUT2D eigenvalue weighted by atomic mass is 16.6. The van der Waals surface area contributed by atoms with E-state index in [2.05, 4.69) is 4.99 Å². The van der Waals surface area contributed by atoms with E-state index in [1.807, 2.05) is 0 Å². The Morgan fingerprint density at radius 1 is 1.23 bits per heavy atom. The molecule has 0 aliphatic carbocycles. The second-order valence-corrected chi connectivity index (χ2v) is 4.93. The largest absolute Gasteiger partial charge is 0.459 e. The minimum Gasteiger partial charge on any atom is -0.459 e. The van der Waals surface area contributed by atoms with Gasteiger partial charge in [-0.2, -0.15) is 0 Å². The minimum atomic E-state index is -1.65. The second kappa shape index (κ2) is 10.3. The zero-order chi connectivity index (χ0) is 17.3. The number of carbonyl (C=O) groups excluding carboxylic acids is 1. The maximum Gasteiger partial charge on any atom is 0.323 e. The summed E-state index contributed by atoms with van der Waals surface area (Å²) >= 11 is 0. The monoisotopic (exact) mass is 322 g/mol. The highest BCUT2D eigenvalue weighted by Crippen LogP contribution is 2.09. The van der Waals surface area contributed by atoms with Crippen molar-refractivity contribution >= 4 is 11.9 Å². The molecular weight excluding hydrogens is 296 g/mol. The van der Waals surface area contributed by atoms with Gasteiger partial charge in [-0.1, -0.05) is 0 Å². The van der Waals surface area contributed by atoms with Crippen LogP contribution in [-0.4, -0.2) is 76.0 Å². The molecule has 0 saturated heterocycles. The Morgan fingerprint density at radius 3 is 2.32 bits per heavy atom. The Bertz CT molecular complexity index is 364. The Labute approximate surface area is 128 Å². The Balaban J connectivity index is 4.25. The number of rotatable bonds is 10. The molecular formula is C12H26N4O6. The molecule has 22 heavy (non-hydrogen) atoms. The fraction of sp³-hybridized carbons (Fsp3) is 0.833. The molecule has 0 rings (SSSR count). The molecule has 0 radical (unpaired) electrons. The van der Waals surface area contributed by atoms with Gasteiger partial charge in [-0.15, -0.1) is 0 Å². The third-order valence-electron chi connectivity index (χ3n) is 2.98. The maximum atomic E-state index is 11.7. The molecule has 0 aromatic heterocycles. The van der Waals surface area contributed by atoms with Crippen LogP contribution < -0.4 is 17.2 Å². The Morgan fingerprint density at radius 2 is 1.82 bits per heavy atom. The number of aliphatic imine (C=N–C) groups is 1. The number of nitrogens with two attached hydrogens (primary N) is 3. The van der Waals surface area contributed by atoms with E-state index in [4.69, 9.17) is 27.0 Å². The van der Waals surface area contributed by atoms with E-state index < -0.39 is 43.0 Å². The predicted molar refractivity (Wildman–Crippen MR) is 78.5 cm³/mol. The molecule has 5 atom stereocenters. The van der Waals surface area contributed by atoms with Gasteiger partial charge in [0.25, 0.3) is 0 Å². The standard InChI is InChI=1S/C12H26N4O6/c1-6(9(19)10(20)8(18)5-17)22-11(21)7(13)3-2-4-16-12(14)15/h6-10,17-20H,2-5,13H2,1H3,(H4,14,15,16)/t6-,7-,8+,9-,10-/m0/s1. The normalized spacial score (nSPS) is 17.9. The Kier molecular flexibility index (Phi) is 9.61. The fourth-order valence-corrected chi connectivity index (χ4v) is 1.59. The van der Waals surface area contributed by atoms with Gasteiger partial charge in [0.1, 0.15) is 30.5 Å². The van der Waals surface area contributed by atoms with Crippen LogP contribution in [0.15, 0.2) is 4.99 Å². The van der Waals surface area contributed by atoms with Gasteiger partial charge in [0.2, 0.25) is 0 Å². The van der Waals surface area contributed by atoms with Crippen molar-refractivity contribution in [2.75, 3.05) is 13.2 Å². The third kappa shape index (κ3) is 7.52. The molecule has 130 valence electrons. The molecule has 10 N–H and O–H groups in total. The first-order chi connectivity index (χ1) is 10.2. The average molecular weight is 322 g/mol. The third-order valence-corrected chi connectivity index (χ3v) is 2.98. The fourth-order valence-electron chi connectivity index (χ4n) is 1.59. The highest BCUT2D eigenvalue weighted by molar-refractivity contribution is 5.76. The van der Waals surface area contributed by atoms with Crippen molar-refractivity contribution in [3.63, 3.8) is 0 Å². The molecule has 0 saturated carbocycles. The van der Waals surface area contributed by atoms with Gasteiger partial charge < -0.3 is 42.4 Å². The summed E-state index contributed by atoms with van der Waals surface area (Å²) in [6.45, 7) is 0.925. The number of carbonyl (C=O) groups is 1. The highest BCUT2D eigenvalue weighted by Gasteiger charge is 2.31. The number of hydrogen-bond donors (Lipinski definition) is 7. The summed E-state index contributed by atoms with van der Waals surface area (Å²) in [6.07, 6.45) is -5.10. The summed E-state index contributed by atoms with van der Waals surface area (Å²) in [5.41, 5.74) is 15.9. The van der Waals surface area contributed by atoms with Crippen LogP contribution in [0.3, 0.4) is 0 Å². The number of guanidine groups is 1. The molecule has 0 heterocycles. The molecule has 0 unspecified atom stereocenters. The summed E-state index contributed by atoms with van der Waals surface area (Å²) < 4.78 is 4.92. The van der Waals surface area contributed by atoms with E-state index in [9.17, 15) is 20.1 Å². The van der Waals surface area contributed by atoms with Gasteiger partial charge in [0.15, 0.2) is 5.96 Å². The van der Waals surface area contributed by atoms with Crippen LogP contribution in [0.2, 0.25) is 0 Å². The van der Waals surface area contributed by atoms with E-state index >= 15 is 0 Å². The first-order valence-corrected chi connectivity index (χ1v) is 6.87. The quantitative estimate of drug-likeness (QED) is 0.0917. The maximum absolute atomic E-state index is 11.7. The van der Waals surface area contributed by atoms with Crippen LogP contribution in [0.25, 0.3) is 0 Å². The summed E-state index contributed by atoms with van der Waals surface area (Å²) in [6, 6.07) is -0.927. The van der Waals surface area contributed by atoms with Crippen molar-refractivity contribution in [2.24, 2.45) is 22.2 Å². The first-order valence-electron chi connectivity index (χ1n) is 6.87. The molecule has 0 aromatic rings. The second-order valence-electron chi connectivity index (χ2n) is 4.93. The van der Waals surface area contributed by atoms with Crippen LogP contribution in [0.5, 0.6) is 0 Å².